The Labute approximate surface area is 220 Å². The minimum atomic E-state index is -0.155. The van der Waals surface area contributed by atoms with Gasteiger partial charge in [-0.05, 0) is 103 Å². The molecular formula is C34H48O2. The molecule has 196 valence electrons. The molecule has 0 aromatic heterocycles. The van der Waals surface area contributed by atoms with Crippen molar-refractivity contribution in [3.05, 3.63) is 59.2 Å². The van der Waals surface area contributed by atoms with E-state index in [0.717, 1.165) is 25.2 Å². The molecule has 0 radical (unpaired) electrons. The summed E-state index contributed by atoms with van der Waals surface area (Å²) in [7, 11) is 0. The molecule has 6 atom stereocenters. The Morgan fingerprint density at radius 3 is 2.53 bits per heavy atom. The SMILES string of the molecule is CCCCCCCC[C@H]1CC=C2C3=CCC4C[C@@H](OC(=O)c5ccccc5)CC[C@]4(C)C3CC[C@@]21C. The molecule has 2 heteroatoms. The number of hydrogen-bond donors (Lipinski definition) is 0. The summed E-state index contributed by atoms with van der Waals surface area (Å²) < 4.78 is 6.00. The van der Waals surface area contributed by atoms with Gasteiger partial charge in [-0.15, -0.1) is 0 Å². The third-order valence-electron chi connectivity index (χ3n) is 10.9. The Balaban J connectivity index is 1.21. The number of ether oxygens (including phenoxy) is 1. The molecule has 4 aliphatic rings. The second-order valence-corrected chi connectivity index (χ2v) is 12.9. The molecule has 0 saturated heterocycles. The van der Waals surface area contributed by atoms with Gasteiger partial charge in [0.05, 0.1) is 5.56 Å². The highest BCUT2D eigenvalue weighted by Crippen LogP contribution is 2.64. The van der Waals surface area contributed by atoms with Crippen molar-refractivity contribution in [2.75, 3.05) is 0 Å². The smallest absolute Gasteiger partial charge is 0.338 e. The van der Waals surface area contributed by atoms with Crippen molar-refractivity contribution in [2.24, 2.45) is 28.6 Å². The Hall–Kier alpha value is -1.83. The molecule has 0 N–H and O–H groups in total. The fourth-order valence-electron chi connectivity index (χ4n) is 8.47. The number of fused-ring (bicyclic) bond motifs is 5. The molecule has 2 nitrogen and oxygen atoms in total. The molecular weight excluding hydrogens is 440 g/mol. The number of carbonyl (C=O) groups excluding carboxylic acids is 1. The normalized spacial score (nSPS) is 35.2. The van der Waals surface area contributed by atoms with Crippen LogP contribution in [-0.4, -0.2) is 12.1 Å². The van der Waals surface area contributed by atoms with Gasteiger partial charge in [-0.2, -0.15) is 0 Å². The van der Waals surface area contributed by atoms with Crippen molar-refractivity contribution in [1.29, 1.82) is 0 Å². The lowest BCUT2D eigenvalue weighted by Crippen LogP contribution is -2.48. The van der Waals surface area contributed by atoms with E-state index in [0.29, 0.717) is 28.2 Å². The summed E-state index contributed by atoms with van der Waals surface area (Å²) in [6.07, 6.45) is 23.5. The molecule has 5 rings (SSSR count). The third-order valence-corrected chi connectivity index (χ3v) is 10.9. The molecule has 2 fully saturated rings. The Morgan fingerprint density at radius 2 is 1.72 bits per heavy atom. The second-order valence-electron chi connectivity index (χ2n) is 12.9. The predicted octanol–water partition coefficient (Wildman–Crippen LogP) is 9.46. The van der Waals surface area contributed by atoms with Crippen LogP contribution in [0.5, 0.6) is 0 Å². The molecule has 2 unspecified atom stereocenters. The number of hydrogen-bond acceptors (Lipinski definition) is 2. The highest BCUT2D eigenvalue weighted by molar-refractivity contribution is 5.89. The number of benzene rings is 1. The summed E-state index contributed by atoms with van der Waals surface area (Å²) in [6.45, 7) is 7.47. The average molecular weight is 489 g/mol. The zero-order chi connectivity index (χ0) is 25.2. The van der Waals surface area contributed by atoms with E-state index in [1.807, 2.05) is 30.3 Å². The van der Waals surface area contributed by atoms with Gasteiger partial charge in [0.1, 0.15) is 6.10 Å². The van der Waals surface area contributed by atoms with Gasteiger partial charge in [-0.3, -0.25) is 0 Å². The predicted molar refractivity (Wildman–Crippen MR) is 149 cm³/mol. The summed E-state index contributed by atoms with van der Waals surface area (Å²) in [4.78, 5) is 12.7. The van der Waals surface area contributed by atoms with Crippen LogP contribution in [-0.2, 0) is 4.74 Å². The van der Waals surface area contributed by atoms with E-state index < -0.39 is 0 Å². The summed E-state index contributed by atoms with van der Waals surface area (Å²) in [5.41, 5.74) is 4.86. The fourth-order valence-corrected chi connectivity index (χ4v) is 8.47. The van der Waals surface area contributed by atoms with Gasteiger partial charge in [0, 0.05) is 0 Å². The molecule has 1 aromatic carbocycles. The van der Waals surface area contributed by atoms with E-state index in [2.05, 4.69) is 32.9 Å². The maximum atomic E-state index is 12.7. The number of esters is 1. The summed E-state index contributed by atoms with van der Waals surface area (Å²) in [5, 5.41) is 0. The Bertz CT molecular complexity index is 974. The van der Waals surface area contributed by atoms with Gasteiger partial charge < -0.3 is 4.74 Å². The summed E-state index contributed by atoms with van der Waals surface area (Å²) in [5.74, 6) is 2.00. The highest BCUT2D eigenvalue weighted by atomic mass is 16.5. The van der Waals surface area contributed by atoms with Crippen LogP contribution in [0.15, 0.2) is 53.6 Å². The lowest BCUT2D eigenvalue weighted by molar-refractivity contribution is -0.0402. The van der Waals surface area contributed by atoms with E-state index in [1.165, 1.54) is 70.6 Å². The van der Waals surface area contributed by atoms with Gasteiger partial charge >= 0.3 is 5.97 Å². The van der Waals surface area contributed by atoms with Crippen molar-refractivity contribution in [1.82, 2.24) is 0 Å². The van der Waals surface area contributed by atoms with Gasteiger partial charge in [0.25, 0.3) is 0 Å². The molecule has 0 heterocycles. The standard InChI is InChI=1S/C34H48O2/c1-4-5-6-7-8-12-15-26-17-19-30-29-18-16-27-24-28(36-32(35)25-13-10-9-11-14-25)20-22-34(27,3)31(29)21-23-33(26,30)2/h9-11,13-14,18-19,26-28,31H,4-8,12,15-17,20-24H2,1-3H3/t26-,27?,28-,31?,33+,34-/m0/s1. The molecule has 0 aliphatic heterocycles. The lowest BCUT2D eigenvalue weighted by Gasteiger charge is -2.56. The van der Waals surface area contributed by atoms with E-state index >= 15 is 0 Å². The number of allylic oxidation sites excluding steroid dienone is 4. The Kier molecular flexibility index (Phi) is 7.80. The number of unbranched alkanes of at least 4 members (excludes halogenated alkanes) is 5. The maximum Gasteiger partial charge on any atom is 0.338 e. The van der Waals surface area contributed by atoms with Crippen molar-refractivity contribution >= 4 is 5.97 Å². The summed E-state index contributed by atoms with van der Waals surface area (Å²) >= 11 is 0. The molecule has 4 aliphatic carbocycles. The molecule has 36 heavy (non-hydrogen) atoms. The van der Waals surface area contributed by atoms with Crippen LogP contribution in [0, 0.1) is 28.6 Å². The number of carbonyl (C=O) groups is 1. The van der Waals surface area contributed by atoms with Gasteiger partial charge in [-0.25, -0.2) is 4.79 Å². The lowest BCUT2D eigenvalue weighted by atomic mass is 9.49. The minimum absolute atomic E-state index is 0.0620. The largest absolute Gasteiger partial charge is 0.459 e. The average Bonchev–Trinajstić information content (AvgIpc) is 3.23. The monoisotopic (exact) mass is 488 g/mol. The van der Waals surface area contributed by atoms with Crippen molar-refractivity contribution in [3.63, 3.8) is 0 Å². The summed E-state index contributed by atoms with van der Waals surface area (Å²) in [6, 6.07) is 9.49. The Morgan fingerprint density at radius 1 is 0.944 bits per heavy atom. The minimum Gasteiger partial charge on any atom is -0.459 e. The van der Waals surface area contributed by atoms with Crippen LogP contribution in [0.3, 0.4) is 0 Å². The van der Waals surface area contributed by atoms with Crippen LogP contribution in [0.4, 0.5) is 0 Å². The van der Waals surface area contributed by atoms with E-state index in [9.17, 15) is 4.79 Å². The number of rotatable bonds is 9. The first kappa shape index (κ1) is 25.8. The first-order chi connectivity index (χ1) is 17.5. The van der Waals surface area contributed by atoms with Crippen molar-refractivity contribution in [2.45, 2.75) is 117 Å². The van der Waals surface area contributed by atoms with Crippen molar-refractivity contribution in [3.8, 4) is 0 Å². The van der Waals surface area contributed by atoms with Gasteiger partial charge in [0.15, 0.2) is 0 Å². The van der Waals surface area contributed by atoms with Crippen LogP contribution in [0.1, 0.15) is 121 Å². The molecule has 0 amide bonds. The quantitative estimate of drug-likeness (QED) is 0.255. The van der Waals surface area contributed by atoms with Crippen LogP contribution < -0.4 is 0 Å². The first-order valence-corrected chi connectivity index (χ1v) is 15.1. The molecule has 0 spiro atoms. The highest BCUT2D eigenvalue weighted by Gasteiger charge is 2.55. The zero-order valence-corrected chi connectivity index (χ0v) is 23.1. The van der Waals surface area contributed by atoms with Gasteiger partial charge in [0.2, 0.25) is 0 Å². The third kappa shape index (κ3) is 4.86. The first-order valence-electron chi connectivity index (χ1n) is 15.1. The fraction of sp³-hybridized carbons (Fsp3) is 0.676. The second kappa shape index (κ2) is 10.9. The molecule has 0 bridgehead atoms. The van der Waals surface area contributed by atoms with E-state index in [4.69, 9.17) is 4.74 Å². The molecule has 2 saturated carbocycles. The van der Waals surface area contributed by atoms with E-state index in [-0.39, 0.29) is 12.1 Å². The van der Waals surface area contributed by atoms with Crippen LogP contribution >= 0.6 is 0 Å². The molecule has 1 aromatic rings. The topological polar surface area (TPSA) is 26.3 Å². The van der Waals surface area contributed by atoms with Crippen LogP contribution in [0.25, 0.3) is 0 Å². The van der Waals surface area contributed by atoms with Crippen molar-refractivity contribution < 1.29 is 9.53 Å². The van der Waals surface area contributed by atoms with Gasteiger partial charge in [-0.1, -0.05) is 89.6 Å². The maximum absolute atomic E-state index is 12.7. The van der Waals surface area contributed by atoms with E-state index in [1.54, 1.807) is 11.1 Å². The van der Waals surface area contributed by atoms with Crippen LogP contribution in [0.2, 0.25) is 0 Å². The zero-order valence-electron chi connectivity index (χ0n) is 23.1.